The fourth-order valence-corrected chi connectivity index (χ4v) is 2.57. The Kier molecular flexibility index (Phi) is 12.8. The summed E-state index contributed by atoms with van der Waals surface area (Å²) in [5.74, 6) is 2.43. The number of nitrogens with zero attached hydrogens (tertiary/aromatic N) is 1. The van der Waals surface area contributed by atoms with Gasteiger partial charge in [0.05, 0.1) is 19.5 Å². The van der Waals surface area contributed by atoms with Crippen LogP contribution in [0.2, 0.25) is 0 Å². The van der Waals surface area contributed by atoms with Crippen molar-refractivity contribution in [3.8, 4) is 0 Å². The lowest BCUT2D eigenvalue weighted by molar-refractivity contribution is 0.0893. The highest BCUT2D eigenvalue weighted by molar-refractivity contribution is 14.0. The molecule has 26 heavy (non-hydrogen) atoms. The van der Waals surface area contributed by atoms with E-state index in [0.717, 1.165) is 76.9 Å². The second-order valence-corrected chi connectivity index (χ2v) is 6.60. The first-order valence-corrected chi connectivity index (χ1v) is 9.50. The summed E-state index contributed by atoms with van der Waals surface area (Å²) in [6, 6.07) is 4.31. The lowest BCUT2D eigenvalue weighted by Crippen LogP contribution is -2.42. The minimum absolute atomic E-state index is 0. The molecule has 2 rings (SSSR count). The monoisotopic (exact) mass is 479 g/mol. The average Bonchev–Trinajstić information content (AvgIpc) is 3.31. The molecule has 0 amide bonds. The predicted molar refractivity (Wildman–Crippen MR) is 115 cm³/mol. The minimum Gasteiger partial charge on any atom is -0.469 e. The van der Waals surface area contributed by atoms with Gasteiger partial charge in [-0.15, -0.1) is 24.0 Å². The van der Waals surface area contributed by atoms with E-state index in [-0.39, 0.29) is 24.0 Å². The molecule has 0 aliphatic carbocycles. The number of hydrogen-bond acceptors (Lipinski definition) is 4. The molecule has 1 aromatic rings. The third-order valence-electron chi connectivity index (χ3n) is 4.33. The highest BCUT2D eigenvalue weighted by Crippen LogP contribution is 2.12. The normalized spacial score (nSPS) is 18.4. The van der Waals surface area contributed by atoms with Crippen molar-refractivity contribution < 1.29 is 13.9 Å². The van der Waals surface area contributed by atoms with Crippen LogP contribution in [-0.2, 0) is 15.9 Å². The van der Waals surface area contributed by atoms with Crippen molar-refractivity contribution >= 4 is 29.9 Å². The Labute approximate surface area is 174 Å². The number of rotatable bonds is 11. The molecule has 2 unspecified atom stereocenters. The van der Waals surface area contributed by atoms with Crippen molar-refractivity contribution in [2.24, 2.45) is 10.9 Å². The molecule has 0 spiro atoms. The maximum Gasteiger partial charge on any atom is 0.191 e. The van der Waals surface area contributed by atoms with Crippen LogP contribution in [-0.4, -0.2) is 51.5 Å². The summed E-state index contributed by atoms with van der Waals surface area (Å²) in [6.45, 7) is 9.18. The zero-order valence-corrected chi connectivity index (χ0v) is 18.4. The Morgan fingerprint density at radius 2 is 2.35 bits per heavy atom. The van der Waals surface area contributed by atoms with E-state index < -0.39 is 0 Å². The standard InChI is InChI=1S/C19H33N3O3.HI/c1-3-16(2)22-19(21-10-7-18-6-4-12-25-18)20-9-5-11-23-14-17-8-13-24-15-17;/h4,6,12,16-17H,3,5,7-11,13-15H2,1-2H3,(H2,20,21,22);1H. The van der Waals surface area contributed by atoms with E-state index in [0.29, 0.717) is 12.0 Å². The topological polar surface area (TPSA) is 68.0 Å². The summed E-state index contributed by atoms with van der Waals surface area (Å²) in [7, 11) is 0. The number of halogens is 1. The quantitative estimate of drug-likeness (QED) is 0.221. The van der Waals surface area contributed by atoms with Crippen LogP contribution in [0.15, 0.2) is 27.8 Å². The van der Waals surface area contributed by atoms with Gasteiger partial charge in [-0.3, -0.25) is 4.99 Å². The predicted octanol–water partition coefficient (Wildman–Crippen LogP) is 3.22. The van der Waals surface area contributed by atoms with E-state index in [1.807, 2.05) is 12.1 Å². The lowest BCUT2D eigenvalue weighted by Gasteiger charge is -2.17. The van der Waals surface area contributed by atoms with Crippen molar-refractivity contribution in [2.45, 2.75) is 45.6 Å². The molecule has 1 saturated heterocycles. The van der Waals surface area contributed by atoms with Crippen molar-refractivity contribution in [1.29, 1.82) is 0 Å². The number of aliphatic imine (C=N–C) groups is 1. The van der Waals surface area contributed by atoms with E-state index in [1.54, 1.807) is 6.26 Å². The van der Waals surface area contributed by atoms with Gasteiger partial charge in [-0.1, -0.05) is 6.92 Å². The Hall–Kier alpha value is -0.800. The first-order valence-electron chi connectivity index (χ1n) is 9.50. The summed E-state index contributed by atoms with van der Waals surface area (Å²) in [4.78, 5) is 4.66. The minimum atomic E-state index is 0. The molecule has 0 bridgehead atoms. The van der Waals surface area contributed by atoms with Crippen LogP contribution in [0, 0.1) is 5.92 Å². The molecule has 0 radical (unpaired) electrons. The third kappa shape index (κ3) is 9.78. The molecule has 1 aliphatic heterocycles. The number of guanidine groups is 1. The second kappa shape index (κ2) is 14.3. The largest absolute Gasteiger partial charge is 0.469 e. The molecule has 2 heterocycles. The average molecular weight is 479 g/mol. The van der Waals surface area contributed by atoms with Crippen molar-refractivity contribution in [1.82, 2.24) is 10.6 Å². The van der Waals surface area contributed by atoms with Gasteiger partial charge in [-0.25, -0.2) is 0 Å². The number of hydrogen-bond donors (Lipinski definition) is 2. The summed E-state index contributed by atoms with van der Waals surface area (Å²) in [6.07, 6.45) is 5.67. The Bertz CT molecular complexity index is 476. The van der Waals surface area contributed by atoms with Gasteiger partial charge in [0.25, 0.3) is 0 Å². The van der Waals surface area contributed by atoms with Crippen LogP contribution >= 0.6 is 24.0 Å². The van der Waals surface area contributed by atoms with E-state index in [4.69, 9.17) is 13.9 Å². The van der Waals surface area contributed by atoms with Crippen LogP contribution in [0.4, 0.5) is 0 Å². The SMILES string of the molecule is CCC(C)NC(=NCCCOCC1CCOC1)NCCc1ccco1.I. The van der Waals surface area contributed by atoms with Crippen LogP contribution in [0.1, 0.15) is 38.9 Å². The van der Waals surface area contributed by atoms with Gasteiger partial charge in [-0.2, -0.15) is 0 Å². The van der Waals surface area contributed by atoms with Crippen LogP contribution in [0.5, 0.6) is 0 Å². The molecule has 2 N–H and O–H groups in total. The van der Waals surface area contributed by atoms with E-state index in [1.165, 1.54) is 0 Å². The smallest absolute Gasteiger partial charge is 0.191 e. The van der Waals surface area contributed by atoms with Crippen LogP contribution < -0.4 is 10.6 Å². The van der Waals surface area contributed by atoms with E-state index in [9.17, 15) is 0 Å². The first kappa shape index (κ1) is 23.2. The maximum atomic E-state index is 5.73. The van der Waals surface area contributed by atoms with Gasteiger partial charge in [-0.05, 0) is 38.3 Å². The molecule has 150 valence electrons. The summed E-state index contributed by atoms with van der Waals surface area (Å²) in [5.41, 5.74) is 0. The first-order chi connectivity index (χ1) is 12.3. The zero-order chi connectivity index (χ0) is 17.7. The van der Waals surface area contributed by atoms with Crippen molar-refractivity contribution in [3.05, 3.63) is 24.2 Å². The van der Waals surface area contributed by atoms with Gasteiger partial charge in [0.2, 0.25) is 0 Å². The van der Waals surface area contributed by atoms with Crippen molar-refractivity contribution in [2.75, 3.05) is 39.5 Å². The molecular formula is C19H34IN3O3. The van der Waals surface area contributed by atoms with E-state index in [2.05, 4.69) is 29.5 Å². The van der Waals surface area contributed by atoms with Gasteiger partial charge < -0.3 is 24.5 Å². The molecule has 7 heteroatoms. The third-order valence-corrected chi connectivity index (χ3v) is 4.33. The maximum absolute atomic E-state index is 5.73. The molecule has 6 nitrogen and oxygen atoms in total. The molecule has 1 fully saturated rings. The fraction of sp³-hybridized carbons (Fsp3) is 0.737. The molecule has 0 aromatic carbocycles. The van der Waals surface area contributed by atoms with E-state index >= 15 is 0 Å². The zero-order valence-electron chi connectivity index (χ0n) is 16.0. The summed E-state index contributed by atoms with van der Waals surface area (Å²) >= 11 is 0. The Morgan fingerprint density at radius 3 is 3.04 bits per heavy atom. The van der Waals surface area contributed by atoms with Gasteiger partial charge in [0, 0.05) is 44.7 Å². The van der Waals surface area contributed by atoms with Gasteiger partial charge >= 0.3 is 0 Å². The lowest BCUT2D eigenvalue weighted by atomic mass is 10.1. The van der Waals surface area contributed by atoms with Crippen LogP contribution in [0.25, 0.3) is 0 Å². The Morgan fingerprint density at radius 1 is 1.46 bits per heavy atom. The highest BCUT2D eigenvalue weighted by atomic mass is 127. The molecule has 1 aliphatic rings. The van der Waals surface area contributed by atoms with Gasteiger partial charge in [0.15, 0.2) is 5.96 Å². The fourth-order valence-electron chi connectivity index (χ4n) is 2.57. The molecule has 0 saturated carbocycles. The summed E-state index contributed by atoms with van der Waals surface area (Å²) < 4.78 is 16.4. The van der Waals surface area contributed by atoms with Crippen LogP contribution in [0.3, 0.4) is 0 Å². The number of furan rings is 1. The van der Waals surface area contributed by atoms with Gasteiger partial charge in [0.1, 0.15) is 5.76 Å². The highest BCUT2D eigenvalue weighted by Gasteiger charge is 2.15. The molecule has 1 aromatic heterocycles. The number of ether oxygens (including phenoxy) is 2. The number of nitrogens with one attached hydrogen (secondary N) is 2. The van der Waals surface area contributed by atoms with Crippen molar-refractivity contribution in [3.63, 3.8) is 0 Å². The molecular weight excluding hydrogens is 445 g/mol. The summed E-state index contributed by atoms with van der Waals surface area (Å²) in [5, 5.41) is 6.81. The second-order valence-electron chi connectivity index (χ2n) is 6.60. The Balaban J connectivity index is 0.00000338. The molecule has 2 atom stereocenters.